The third-order valence-electron chi connectivity index (χ3n) is 5.21. The lowest BCUT2D eigenvalue weighted by Crippen LogP contribution is -2.58. The number of aliphatic hydroxyl groups is 1. The number of carboxylic acid groups (broad SMARTS) is 1. The minimum Gasteiger partial charge on any atom is -0.493 e. The molecule has 2 saturated heterocycles. The number of carbonyl (C=O) groups is 1. The van der Waals surface area contributed by atoms with Crippen molar-refractivity contribution in [2.24, 2.45) is 5.92 Å². The fourth-order valence-electron chi connectivity index (χ4n) is 3.77. The van der Waals surface area contributed by atoms with Crippen molar-refractivity contribution >= 4 is 5.97 Å². The molecule has 3 rings (SSSR count). The van der Waals surface area contributed by atoms with Crippen LogP contribution in [0.1, 0.15) is 18.4 Å². The van der Waals surface area contributed by atoms with Gasteiger partial charge in [-0.05, 0) is 37.1 Å². The molecule has 0 radical (unpaired) electrons. The van der Waals surface area contributed by atoms with E-state index in [4.69, 9.17) is 14.6 Å². The maximum absolute atomic E-state index is 10.8. The summed E-state index contributed by atoms with van der Waals surface area (Å²) in [4.78, 5) is 13.1. The smallest absolute Gasteiger partial charge is 0.341 e. The van der Waals surface area contributed by atoms with Crippen LogP contribution in [0.2, 0.25) is 0 Å². The van der Waals surface area contributed by atoms with Crippen molar-refractivity contribution < 1.29 is 24.5 Å². The lowest BCUT2D eigenvalue weighted by Gasteiger charge is -2.47. The molecule has 2 heterocycles. The monoisotopic (exact) mass is 350 g/mol. The van der Waals surface area contributed by atoms with E-state index in [1.54, 1.807) is 6.07 Å². The number of hydrogen-bond donors (Lipinski definition) is 3. The molecule has 3 N–H and O–H groups in total. The number of aliphatic carboxylic acids is 1. The molecule has 1 aromatic carbocycles. The lowest BCUT2D eigenvalue weighted by atomic mass is 9.76. The highest BCUT2D eigenvalue weighted by molar-refractivity contribution is 5.68. The number of benzene rings is 1. The predicted molar refractivity (Wildman–Crippen MR) is 91.9 cm³/mol. The number of likely N-dealkylation sites (tertiary alicyclic amines) is 1. The molecule has 0 aromatic heterocycles. The van der Waals surface area contributed by atoms with Gasteiger partial charge in [0.25, 0.3) is 0 Å². The van der Waals surface area contributed by atoms with Gasteiger partial charge in [0.1, 0.15) is 0 Å². The maximum Gasteiger partial charge on any atom is 0.341 e. The van der Waals surface area contributed by atoms with Gasteiger partial charge in [0, 0.05) is 32.1 Å². The van der Waals surface area contributed by atoms with Crippen LogP contribution in [0.25, 0.3) is 0 Å². The second-order valence-corrected chi connectivity index (χ2v) is 6.91. The molecule has 2 aliphatic rings. The molecule has 0 unspecified atom stereocenters. The van der Waals surface area contributed by atoms with Gasteiger partial charge in [-0.2, -0.15) is 0 Å². The van der Waals surface area contributed by atoms with Gasteiger partial charge in [0.15, 0.2) is 18.1 Å². The van der Waals surface area contributed by atoms with E-state index in [9.17, 15) is 9.90 Å². The Labute approximate surface area is 147 Å². The minimum absolute atomic E-state index is 0.246. The Kier molecular flexibility index (Phi) is 5.46. The number of fused-ring (bicyclic) bond motifs is 1. The van der Waals surface area contributed by atoms with E-state index in [1.165, 1.54) is 7.11 Å². The van der Waals surface area contributed by atoms with Gasteiger partial charge in [-0.25, -0.2) is 4.79 Å². The molecule has 138 valence electrons. The van der Waals surface area contributed by atoms with Crippen LogP contribution >= 0.6 is 0 Å². The first-order valence-electron chi connectivity index (χ1n) is 8.67. The van der Waals surface area contributed by atoms with Crippen molar-refractivity contribution in [2.45, 2.75) is 25.0 Å². The molecule has 0 aliphatic carbocycles. The SMILES string of the molecule is COc1ccc(CN2CC[C@@]3(O)CCNC[C@H]3C2)cc1OCC(=O)O. The molecule has 1 aromatic rings. The molecule has 0 spiro atoms. The molecule has 25 heavy (non-hydrogen) atoms. The number of carboxylic acids is 1. The van der Waals surface area contributed by atoms with Crippen molar-refractivity contribution in [3.8, 4) is 11.5 Å². The zero-order chi connectivity index (χ0) is 17.9. The van der Waals surface area contributed by atoms with Crippen LogP contribution < -0.4 is 14.8 Å². The van der Waals surface area contributed by atoms with Gasteiger partial charge in [-0.3, -0.25) is 4.90 Å². The molecule has 7 heteroatoms. The second kappa shape index (κ2) is 7.59. The number of ether oxygens (including phenoxy) is 2. The topological polar surface area (TPSA) is 91.3 Å². The Morgan fingerprint density at radius 2 is 2.24 bits per heavy atom. The first kappa shape index (κ1) is 18.0. The lowest BCUT2D eigenvalue weighted by molar-refractivity contribution is -0.139. The highest BCUT2D eigenvalue weighted by Gasteiger charge is 2.42. The Hall–Kier alpha value is -1.83. The van der Waals surface area contributed by atoms with Crippen LogP contribution in [0, 0.1) is 5.92 Å². The summed E-state index contributed by atoms with van der Waals surface area (Å²) in [5.41, 5.74) is 0.507. The van der Waals surface area contributed by atoms with E-state index in [0.717, 1.165) is 51.1 Å². The van der Waals surface area contributed by atoms with Crippen LogP contribution in [0.15, 0.2) is 18.2 Å². The molecule has 2 aliphatic heterocycles. The molecule has 0 saturated carbocycles. The number of rotatable bonds is 6. The molecule has 7 nitrogen and oxygen atoms in total. The van der Waals surface area contributed by atoms with Crippen LogP contribution in [0.5, 0.6) is 11.5 Å². The fraction of sp³-hybridized carbons (Fsp3) is 0.611. The third-order valence-corrected chi connectivity index (χ3v) is 5.21. The summed E-state index contributed by atoms with van der Waals surface area (Å²) < 4.78 is 10.6. The molecular formula is C18H26N2O5. The summed E-state index contributed by atoms with van der Waals surface area (Å²) in [6, 6.07) is 5.60. The van der Waals surface area contributed by atoms with E-state index in [0.29, 0.717) is 11.5 Å². The average Bonchev–Trinajstić information content (AvgIpc) is 2.60. The Morgan fingerprint density at radius 3 is 3.00 bits per heavy atom. The van der Waals surface area contributed by atoms with Crippen molar-refractivity contribution in [3.05, 3.63) is 23.8 Å². The molecule has 2 atom stereocenters. The van der Waals surface area contributed by atoms with Gasteiger partial charge in [-0.1, -0.05) is 6.07 Å². The molecular weight excluding hydrogens is 324 g/mol. The number of piperidine rings is 2. The van der Waals surface area contributed by atoms with Gasteiger partial charge < -0.3 is 25.0 Å². The van der Waals surface area contributed by atoms with E-state index < -0.39 is 18.2 Å². The van der Waals surface area contributed by atoms with Crippen LogP contribution in [0.3, 0.4) is 0 Å². The predicted octanol–water partition coefficient (Wildman–Crippen LogP) is 0.705. The van der Waals surface area contributed by atoms with Gasteiger partial charge in [-0.15, -0.1) is 0 Å². The minimum atomic E-state index is -1.02. The zero-order valence-electron chi connectivity index (χ0n) is 14.5. The molecule has 0 amide bonds. The Balaban J connectivity index is 1.66. The fourth-order valence-corrected chi connectivity index (χ4v) is 3.77. The number of nitrogens with one attached hydrogen (secondary N) is 1. The van der Waals surface area contributed by atoms with Gasteiger partial charge >= 0.3 is 5.97 Å². The van der Waals surface area contributed by atoms with Gasteiger partial charge in [0.05, 0.1) is 12.7 Å². The normalized spacial score (nSPS) is 26.7. The quantitative estimate of drug-likeness (QED) is 0.696. The zero-order valence-corrected chi connectivity index (χ0v) is 14.5. The standard InChI is InChI=1S/C18H26N2O5/c1-24-15-3-2-13(8-16(15)25-12-17(21)22)10-20-7-5-18(23)4-6-19-9-14(18)11-20/h2-3,8,14,19,23H,4-7,9-12H2,1H3,(H,21,22)/t14-,18-/m0/s1. The van der Waals surface area contributed by atoms with E-state index in [2.05, 4.69) is 10.2 Å². The number of nitrogens with zero attached hydrogens (tertiary/aromatic N) is 1. The highest BCUT2D eigenvalue weighted by Crippen LogP contribution is 2.34. The second-order valence-electron chi connectivity index (χ2n) is 6.91. The molecule has 2 fully saturated rings. The number of methoxy groups -OCH3 is 1. The maximum atomic E-state index is 10.8. The largest absolute Gasteiger partial charge is 0.493 e. The Bertz CT molecular complexity index is 623. The van der Waals surface area contributed by atoms with Crippen molar-refractivity contribution in [2.75, 3.05) is 39.9 Å². The van der Waals surface area contributed by atoms with E-state index >= 15 is 0 Å². The van der Waals surface area contributed by atoms with Gasteiger partial charge in [0.2, 0.25) is 0 Å². The van der Waals surface area contributed by atoms with Crippen LogP contribution in [0.4, 0.5) is 0 Å². The van der Waals surface area contributed by atoms with Crippen LogP contribution in [-0.2, 0) is 11.3 Å². The Morgan fingerprint density at radius 1 is 1.40 bits per heavy atom. The summed E-state index contributed by atoms with van der Waals surface area (Å²) >= 11 is 0. The molecule has 0 bridgehead atoms. The highest BCUT2D eigenvalue weighted by atomic mass is 16.5. The summed E-state index contributed by atoms with van der Waals surface area (Å²) in [5.74, 6) is 0.188. The van der Waals surface area contributed by atoms with Crippen LogP contribution in [-0.4, -0.2) is 66.6 Å². The average molecular weight is 350 g/mol. The van der Waals surface area contributed by atoms with E-state index in [-0.39, 0.29) is 5.92 Å². The summed E-state index contributed by atoms with van der Waals surface area (Å²) in [6.45, 7) is 3.77. The van der Waals surface area contributed by atoms with Crippen molar-refractivity contribution in [1.29, 1.82) is 0 Å². The summed E-state index contributed by atoms with van der Waals surface area (Å²) in [7, 11) is 1.53. The summed E-state index contributed by atoms with van der Waals surface area (Å²) in [6.07, 6.45) is 1.61. The third kappa shape index (κ3) is 4.23. The van der Waals surface area contributed by atoms with Crippen molar-refractivity contribution in [3.63, 3.8) is 0 Å². The first-order chi connectivity index (χ1) is 12.0. The van der Waals surface area contributed by atoms with E-state index in [1.807, 2.05) is 12.1 Å². The summed E-state index contributed by atoms with van der Waals surface area (Å²) in [5, 5.41) is 22.9. The van der Waals surface area contributed by atoms with Crippen molar-refractivity contribution in [1.82, 2.24) is 10.2 Å². The first-order valence-corrected chi connectivity index (χ1v) is 8.67. The number of hydrogen-bond acceptors (Lipinski definition) is 6.